The molecule has 0 aliphatic heterocycles. The molecule has 2 unspecified atom stereocenters. The smallest absolute Gasteiger partial charge is 0.305 e. The van der Waals surface area contributed by atoms with Crippen LogP contribution >= 0.6 is 0 Å². The fraction of sp³-hybridized carbons (Fsp3) is 0.860. The average Bonchev–Trinajstić information content (AvgIpc) is 3.28. The van der Waals surface area contributed by atoms with E-state index < -0.39 is 12.1 Å². The van der Waals surface area contributed by atoms with Gasteiger partial charge in [-0.05, 0) is 77.0 Å². The van der Waals surface area contributed by atoms with E-state index in [0.717, 1.165) is 77.0 Å². The lowest BCUT2D eigenvalue weighted by molar-refractivity contribution is -0.143. The lowest BCUT2D eigenvalue weighted by atomic mass is 10.0. The third-order valence-electron chi connectivity index (χ3n) is 12.7. The fourth-order valence-electron chi connectivity index (χ4n) is 8.38. The molecule has 0 rings (SSSR count). The van der Waals surface area contributed by atoms with Crippen LogP contribution < -0.4 is 5.32 Å². The van der Waals surface area contributed by atoms with Crippen molar-refractivity contribution in [3.63, 3.8) is 0 Å². The summed E-state index contributed by atoms with van der Waals surface area (Å²) in [6.45, 7) is 4.86. The van der Waals surface area contributed by atoms with Crippen LogP contribution in [0.4, 0.5) is 0 Å². The zero-order valence-electron chi connectivity index (χ0n) is 42.1. The molecule has 1 amide bonds. The largest absolute Gasteiger partial charge is 0.466 e. The van der Waals surface area contributed by atoms with Crippen molar-refractivity contribution >= 4 is 11.9 Å². The molecule has 0 aromatic rings. The number of rotatable bonds is 51. The zero-order chi connectivity index (χ0) is 45.8. The Morgan fingerprint density at radius 2 is 0.810 bits per heavy atom. The van der Waals surface area contributed by atoms with Gasteiger partial charge >= 0.3 is 5.97 Å². The van der Waals surface area contributed by atoms with Crippen molar-refractivity contribution < 1.29 is 24.5 Å². The van der Waals surface area contributed by atoms with E-state index >= 15 is 0 Å². The topological polar surface area (TPSA) is 95.9 Å². The first kappa shape index (κ1) is 61.1. The molecule has 0 aliphatic carbocycles. The highest BCUT2D eigenvalue weighted by Crippen LogP contribution is 2.17. The van der Waals surface area contributed by atoms with Gasteiger partial charge in [0.05, 0.1) is 25.4 Å². The van der Waals surface area contributed by atoms with Gasteiger partial charge in [-0.1, -0.05) is 237 Å². The van der Waals surface area contributed by atoms with Crippen molar-refractivity contribution in [2.75, 3.05) is 13.2 Å². The quantitative estimate of drug-likeness (QED) is 0.0245. The lowest BCUT2D eigenvalue weighted by Gasteiger charge is -2.22. The highest BCUT2D eigenvalue weighted by Gasteiger charge is 2.20. The maximum Gasteiger partial charge on any atom is 0.305 e. The second-order valence-electron chi connectivity index (χ2n) is 18.9. The third-order valence-corrected chi connectivity index (χ3v) is 12.7. The highest BCUT2D eigenvalue weighted by molar-refractivity contribution is 5.76. The summed E-state index contributed by atoms with van der Waals surface area (Å²) in [6, 6.07) is -0.559. The molecule has 0 aliphatic rings. The monoisotopic (exact) mass is 886 g/mol. The lowest BCUT2D eigenvalue weighted by Crippen LogP contribution is -2.45. The van der Waals surface area contributed by atoms with Crippen LogP contribution in [0.2, 0.25) is 0 Å². The summed E-state index contributed by atoms with van der Waals surface area (Å²) in [7, 11) is 0. The van der Waals surface area contributed by atoms with Crippen LogP contribution in [-0.4, -0.2) is 47.4 Å². The van der Waals surface area contributed by atoms with E-state index in [-0.39, 0.29) is 18.5 Å². The Kier molecular flexibility index (Phi) is 51.1. The molecule has 6 heteroatoms. The molecule has 0 aromatic heterocycles. The average molecular weight is 886 g/mol. The zero-order valence-corrected chi connectivity index (χ0v) is 42.1. The van der Waals surface area contributed by atoms with Crippen molar-refractivity contribution in [1.82, 2.24) is 5.32 Å². The summed E-state index contributed by atoms with van der Waals surface area (Å²) in [4.78, 5) is 24.4. The van der Waals surface area contributed by atoms with Crippen LogP contribution in [0, 0.1) is 0 Å². The third kappa shape index (κ3) is 49.4. The first-order valence-corrected chi connectivity index (χ1v) is 27.8. The number of hydrogen-bond donors (Lipinski definition) is 3. The molecule has 0 bridgehead atoms. The molecule has 0 spiro atoms. The number of carbonyl (C=O) groups excluding carboxylic acids is 2. The second kappa shape index (κ2) is 52.7. The number of amides is 1. The number of carbonyl (C=O) groups is 2. The Labute approximate surface area is 392 Å². The number of aliphatic hydroxyl groups is 2. The van der Waals surface area contributed by atoms with E-state index in [0.29, 0.717) is 25.9 Å². The van der Waals surface area contributed by atoms with Crippen LogP contribution in [0.1, 0.15) is 290 Å². The van der Waals surface area contributed by atoms with Gasteiger partial charge < -0.3 is 20.3 Å². The van der Waals surface area contributed by atoms with Gasteiger partial charge in [0.1, 0.15) is 0 Å². The van der Waals surface area contributed by atoms with Crippen LogP contribution in [0.15, 0.2) is 36.5 Å². The number of esters is 1. The van der Waals surface area contributed by atoms with E-state index in [2.05, 4.69) is 55.6 Å². The van der Waals surface area contributed by atoms with Gasteiger partial charge in [0.15, 0.2) is 0 Å². The molecule has 3 N–H and O–H groups in total. The molecular weight excluding hydrogens is 779 g/mol. The van der Waals surface area contributed by atoms with E-state index in [9.17, 15) is 19.8 Å². The Hall–Kier alpha value is -1.92. The summed E-state index contributed by atoms with van der Waals surface area (Å²) in [6.07, 6.45) is 64.1. The fourth-order valence-corrected chi connectivity index (χ4v) is 8.38. The minimum absolute atomic E-state index is 0.0328. The van der Waals surface area contributed by atoms with Gasteiger partial charge in [-0.15, -0.1) is 0 Å². The van der Waals surface area contributed by atoms with Gasteiger partial charge in [0, 0.05) is 12.8 Å². The summed E-state index contributed by atoms with van der Waals surface area (Å²) in [5.41, 5.74) is 0. The molecule has 0 saturated heterocycles. The number of aliphatic hydroxyl groups excluding tert-OH is 2. The highest BCUT2D eigenvalue weighted by atomic mass is 16.5. The van der Waals surface area contributed by atoms with Crippen molar-refractivity contribution in [2.45, 2.75) is 302 Å². The van der Waals surface area contributed by atoms with E-state index in [4.69, 9.17) is 4.74 Å². The van der Waals surface area contributed by atoms with Gasteiger partial charge in [-0.25, -0.2) is 0 Å². The molecule has 0 aromatic carbocycles. The maximum absolute atomic E-state index is 12.5. The molecule has 370 valence electrons. The predicted octanol–water partition coefficient (Wildman–Crippen LogP) is 16.9. The first-order valence-electron chi connectivity index (χ1n) is 27.8. The Bertz CT molecular complexity index is 1020. The van der Waals surface area contributed by atoms with Crippen molar-refractivity contribution in [2.24, 2.45) is 0 Å². The molecule has 0 saturated carbocycles. The minimum atomic E-state index is -0.680. The number of unbranched alkanes of at least 4 members (excludes halogenated alkanes) is 35. The van der Waals surface area contributed by atoms with Crippen LogP contribution in [0.3, 0.4) is 0 Å². The summed E-state index contributed by atoms with van der Waals surface area (Å²) < 4.78 is 5.42. The molecule has 6 nitrogen and oxygen atoms in total. The Balaban J connectivity index is 3.53. The molecule has 0 heterocycles. The molecular formula is C57H107NO5. The molecule has 0 radical (unpaired) electrons. The molecule has 2 atom stereocenters. The van der Waals surface area contributed by atoms with E-state index in [1.807, 2.05) is 0 Å². The second-order valence-corrected chi connectivity index (χ2v) is 18.9. The number of hydrogen-bond acceptors (Lipinski definition) is 5. The van der Waals surface area contributed by atoms with E-state index in [1.54, 1.807) is 0 Å². The number of ether oxygens (including phenoxy) is 1. The SMILES string of the molecule is CCCC/C=C\CCCCCCCC(=O)OCCCCC/C=C\C=C/CCCCCCCCC(=O)NC(CO)C(O)CCCCCCCCCCCCCCCCCCCCCC. The van der Waals surface area contributed by atoms with Crippen molar-refractivity contribution in [3.8, 4) is 0 Å². The van der Waals surface area contributed by atoms with E-state index in [1.165, 1.54) is 180 Å². The number of nitrogens with one attached hydrogen (secondary N) is 1. The Morgan fingerprint density at radius 3 is 1.27 bits per heavy atom. The Morgan fingerprint density at radius 1 is 0.444 bits per heavy atom. The normalized spacial score (nSPS) is 12.9. The minimum Gasteiger partial charge on any atom is -0.466 e. The van der Waals surface area contributed by atoms with Gasteiger partial charge in [-0.2, -0.15) is 0 Å². The van der Waals surface area contributed by atoms with Crippen molar-refractivity contribution in [1.29, 1.82) is 0 Å². The van der Waals surface area contributed by atoms with Gasteiger partial charge in [-0.3, -0.25) is 9.59 Å². The standard InChI is InChI=1S/C57H107NO5/c1-3-5-7-9-11-13-15-16-17-18-19-20-21-23-26-30-33-37-41-45-49-55(60)54(53-59)58-56(61)50-46-42-38-34-31-27-24-22-25-28-32-36-40-44-48-52-63-57(62)51-47-43-39-35-29-14-12-10-8-6-4-2/h10,12,22,25,28,32,54-55,59-60H,3-9,11,13-21,23-24,26-27,29-31,33-53H2,1-2H3,(H,58,61)/b12-10-,25-22-,32-28-. The molecule has 0 fully saturated rings. The van der Waals surface area contributed by atoms with Crippen LogP contribution in [0.25, 0.3) is 0 Å². The number of allylic oxidation sites excluding steroid dienone is 6. The predicted molar refractivity (Wildman–Crippen MR) is 273 cm³/mol. The summed E-state index contributed by atoms with van der Waals surface area (Å²) in [5.74, 6) is -0.0891. The van der Waals surface area contributed by atoms with Gasteiger partial charge in [0.2, 0.25) is 5.91 Å². The van der Waals surface area contributed by atoms with Crippen LogP contribution in [-0.2, 0) is 14.3 Å². The molecule has 63 heavy (non-hydrogen) atoms. The maximum atomic E-state index is 12.5. The van der Waals surface area contributed by atoms with Crippen LogP contribution in [0.5, 0.6) is 0 Å². The summed E-state index contributed by atoms with van der Waals surface area (Å²) >= 11 is 0. The van der Waals surface area contributed by atoms with Gasteiger partial charge in [0.25, 0.3) is 0 Å². The van der Waals surface area contributed by atoms with Crippen molar-refractivity contribution in [3.05, 3.63) is 36.5 Å². The summed E-state index contributed by atoms with van der Waals surface area (Å²) in [5, 5.41) is 23.3. The first-order chi connectivity index (χ1) is 31.0.